The molecule has 1 rings (SSSR count). The zero-order valence-corrected chi connectivity index (χ0v) is 10.7. The van der Waals surface area contributed by atoms with E-state index in [9.17, 15) is 0 Å². The van der Waals surface area contributed by atoms with E-state index in [4.69, 9.17) is 9.59 Å². The molecule has 3 heteroatoms. The van der Waals surface area contributed by atoms with Crippen LogP contribution in [0.2, 0.25) is 0 Å². The van der Waals surface area contributed by atoms with E-state index < -0.39 is 0 Å². The molecule has 4 radical (unpaired) electrons. The SMILES string of the molecule is CCC1=CC[C]([Ir])=C1CC.[C]=O.[C]=O. The van der Waals surface area contributed by atoms with Gasteiger partial charge in [-0.25, -0.2) is 0 Å². The number of carbonyl (C=O) groups excluding carboxylic acids is 2. The fourth-order valence-electron chi connectivity index (χ4n) is 1.39. The van der Waals surface area contributed by atoms with E-state index in [-0.39, 0.29) is 0 Å². The van der Waals surface area contributed by atoms with Gasteiger partial charge in [-0.1, -0.05) is 0 Å². The van der Waals surface area contributed by atoms with E-state index in [1.807, 2.05) is 0 Å². The van der Waals surface area contributed by atoms with Crippen molar-refractivity contribution >= 4 is 13.6 Å². The van der Waals surface area contributed by atoms with Gasteiger partial charge >= 0.3 is 73.3 Å². The number of hydrogen-bond acceptors (Lipinski definition) is 2. The third-order valence-corrected chi connectivity index (χ3v) is 3.17. The van der Waals surface area contributed by atoms with Crippen molar-refractivity contribution in [3.8, 4) is 0 Å². The second kappa shape index (κ2) is 10.5. The standard InChI is InChI=1S/C9H13.2CO.Ir/c1-3-8-6-5-7-9(8)4-2;2*1-2;/h6H,3-5H2,1-2H3;;;. The van der Waals surface area contributed by atoms with Crippen LogP contribution in [0.4, 0.5) is 0 Å². The molecule has 0 unspecified atom stereocenters. The van der Waals surface area contributed by atoms with E-state index in [1.165, 1.54) is 19.3 Å². The zero-order valence-electron chi connectivity index (χ0n) is 8.35. The molecule has 2 nitrogen and oxygen atoms in total. The van der Waals surface area contributed by atoms with Gasteiger partial charge in [0.25, 0.3) is 13.6 Å². The Labute approximate surface area is 96.6 Å². The van der Waals surface area contributed by atoms with Gasteiger partial charge in [-0.15, -0.1) is 0 Å². The Morgan fingerprint density at radius 3 is 2.00 bits per heavy atom. The molecule has 0 heterocycles. The predicted molar refractivity (Wildman–Crippen MR) is 51.7 cm³/mol. The van der Waals surface area contributed by atoms with E-state index in [0.29, 0.717) is 0 Å². The molecule has 0 saturated heterocycles. The summed E-state index contributed by atoms with van der Waals surface area (Å²) in [5.74, 6) is 0. The van der Waals surface area contributed by atoms with Crippen molar-refractivity contribution in [2.75, 3.05) is 0 Å². The van der Waals surface area contributed by atoms with Crippen LogP contribution in [0, 0.1) is 0 Å². The molecule has 78 valence electrons. The molecule has 0 N–H and O–H groups in total. The first-order valence-electron chi connectivity index (χ1n) is 4.25. The summed E-state index contributed by atoms with van der Waals surface area (Å²) >= 11 is 2.25. The molecule has 0 amide bonds. The fourth-order valence-corrected chi connectivity index (χ4v) is 2.44. The van der Waals surface area contributed by atoms with Crippen molar-refractivity contribution in [2.45, 2.75) is 33.1 Å². The molecule has 1 aliphatic rings. The van der Waals surface area contributed by atoms with Crippen LogP contribution >= 0.6 is 0 Å². The van der Waals surface area contributed by atoms with Crippen molar-refractivity contribution in [1.82, 2.24) is 0 Å². The maximum atomic E-state index is 7.50. The smallest absolute Gasteiger partial charge is 0.281 e. The Bertz CT molecular complexity index is 217. The largest absolute Gasteiger partial charge is 0.281 e. The Kier molecular flexibility index (Phi) is 12.0. The van der Waals surface area contributed by atoms with Crippen LogP contribution in [-0.2, 0) is 28.5 Å². The molecule has 0 aliphatic heterocycles. The maximum absolute atomic E-state index is 7.50. The minimum Gasteiger partial charge on any atom is -0.281 e. The van der Waals surface area contributed by atoms with Gasteiger partial charge in [0.15, 0.2) is 0 Å². The first kappa shape index (κ1) is 15.9. The molecule has 0 bridgehead atoms. The van der Waals surface area contributed by atoms with Gasteiger partial charge in [0.2, 0.25) is 0 Å². The van der Waals surface area contributed by atoms with E-state index in [0.717, 1.165) is 0 Å². The molecule has 14 heavy (non-hydrogen) atoms. The quantitative estimate of drug-likeness (QED) is 0.747. The summed E-state index contributed by atoms with van der Waals surface area (Å²) in [6.07, 6.45) is 5.99. The summed E-state index contributed by atoms with van der Waals surface area (Å²) in [5, 5.41) is 0. The Balaban J connectivity index is 0. The topological polar surface area (TPSA) is 34.1 Å². The van der Waals surface area contributed by atoms with Gasteiger partial charge in [-0.2, -0.15) is 0 Å². The van der Waals surface area contributed by atoms with Crippen molar-refractivity contribution in [1.29, 1.82) is 0 Å². The van der Waals surface area contributed by atoms with Crippen molar-refractivity contribution < 1.29 is 28.5 Å². The minimum atomic E-state index is 1.20. The molecule has 0 atom stereocenters. The molecular formula is C11H13IrO2. The monoisotopic (exact) mass is 370 g/mol. The maximum Gasteiger partial charge on any atom is 0.281 e. The van der Waals surface area contributed by atoms with E-state index in [1.54, 1.807) is 15.2 Å². The Morgan fingerprint density at radius 1 is 1.21 bits per heavy atom. The average molecular weight is 369 g/mol. The van der Waals surface area contributed by atoms with Crippen LogP contribution in [0.1, 0.15) is 33.1 Å². The number of allylic oxidation sites excluding steroid dienone is 4. The van der Waals surface area contributed by atoms with Gasteiger partial charge in [-0.3, -0.25) is 9.59 Å². The van der Waals surface area contributed by atoms with Crippen LogP contribution in [0.3, 0.4) is 0 Å². The van der Waals surface area contributed by atoms with Gasteiger partial charge in [0.1, 0.15) is 0 Å². The summed E-state index contributed by atoms with van der Waals surface area (Å²) in [6, 6.07) is 0. The molecular weight excluding hydrogens is 356 g/mol. The average Bonchev–Trinajstić information content (AvgIpc) is 2.64. The second-order valence-corrected chi connectivity index (χ2v) is 3.94. The van der Waals surface area contributed by atoms with Crippen LogP contribution in [-0.4, -0.2) is 13.6 Å². The van der Waals surface area contributed by atoms with Gasteiger partial charge in [0, 0.05) is 0 Å². The summed E-state index contributed by atoms with van der Waals surface area (Å²) < 4.78 is 1.58. The number of rotatable bonds is 2. The molecule has 0 aromatic rings. The molecule has 0 saturated carbocycles. The summed E-state index contributed by atoms with van der Waals surface area (Å²) in [6.45, 7) is 13.5. The zero-order chi connectivity index (χ0) is 11.6. The Hall–Kier alpha value is -0.531. The van der Waals surface area contributed by atoms with Gasteiger partial charge in [-0.05, 0) is 0 Å². The molecule has 0 aromatic carbocycles. The third-order valence-electron chi connectivity index (χ3n) is 1.95. The first-order valence-corrected chi connectivity index (χ1v) is 5.44. The van der Waals surface area contributed by atoms with Gasteiger partial charge in [0.05, 0.1) is 0 Å². The predicted octanol–water partition coefficient (Wildman–Crippen LogP) is 2.14. The summed E-state index contributed by atoms with van der Waals surface area (Å²) in [7, 11) is 0. The molecule has 1 aliphatic carbocycles. The van der Waals surface area contributed by atoms with Crippen LogP contribution in [0.15, 0.2) is 21.3 Å². The normalized spacial score (nSPS) is 13.6. The van der Waals surface area contributed by atoms with Crippen molar-refractivity contribution in [2.24, 2.45) is 0 Å². The molecule has 0 fully saturated rings. The first-order chi connectivity index (χ1) is 6.79. The number of hydrogen-bond donors (Lipinski definition) is 0. The fraction of sp³-hybridized carbons (Fsp3) is 0.455. The van der Waals surface area contributed by atoms with Crippen molar-refractivity contribution in [3.63, 3.8) is 0 Å². The second-order valence-electron chi connectivity index (χ2n) is 2.50. The summed E-state index contributed by atoms with van der Waals surface area (Å²) in [5.41, 5.74) is 3.20. The molecule has 0 spiro atoms. The van der Waals surface area contributed by atoms with Gasteiger partial charge < -0.3 is 0 Å². The van der Waals surface area contributed by atoms with Crippen LogP contribution in [0.25, 0.3) is 0 Å². The van der Waals surface area contributed by atoms with Crippen molar-refractivity contribution in [3.05, 3.63) is 21.3 Å². The van der Waals surface area contributed by atoms with E-state index in [2.05, 4.69) is 52.4 Å². The van der Waals surface area contributed by atoms with E-state index >= 15 is 0 Å². The minimum absolute atomic E-state index is 1.20. The molecule has 0 aromatic heterocycles. The Morgan fingerprint density at radius 2 is 1.71 bits per heavy atom. The van der Waals surface area contributed by atoms with Crippen LogP contribution in [0.5, 0.6) is 0 Å². The third kappa shape index (κ3) is 4.63. The summed E-state index contributed by atoms with van der Waals surface area (Å²) in [4.78, 5) is 15.0. The van der Waals surface area contributed by atoms with Crippen LogP contribution < -0.4 is 0 Å².